The molecule has 0 radical (unpaired) electrons. The van der Waals surface area contributed by atoms with Crippen molar-refractivity contribution in [3.8, 4) is 0 Å². The van der Waals surface area contributed by atoms with Gasteiger partial charge in [-0.2, -0.15) is 0 Å². The molecule has 1 fully saturated rings. The van der Waals surface area contributed by atoms with Crippen LogP contribution in [0.25, 0.3) is 5.76 Å². The first-order valence-electron chi connectivity index (χ1n) is 9.15. The van der Waals surface area contributed by atoms with Crippen molar-refractivity contribution < 1.29 is 24.0 Å². The van der Waals surface area contributed by atoms with Gasteiger partial charge >= 0.3 is 0 Å². The Balaban J connectivity index is 1.95. The van der Waals surface area contributed by atoms with Gasteiger partial charge in [0.1, 0.15) is 17.6 Å². The minimum Gasteiger partial charge on any atom is -0.507 e. The number of halogens is 1. The Morgan fingerprint density at radius 3 is 2.61 bits per heavy atom. The number of amides is 1. The molecule has 9 heteroatoms. The van der Waals surface area contributed by atoms with E-state index in [4.69, 9.17) is 16.0 Å². The van der Waals surface area contributed by atoms with Crippen LogP contribution in [0.5, 0.6) is 0 Å². The molecule has 1 amide bonds. The summed E-state index contributed by atoms with van der Waals surface area (Å²) in [6.45, 7) is 1.75. The van der Waals surface area contributed by atoms with E-state index >= 15 is 0 Å². The fourth-order valence-electron chi connectivity index (χ4n) is 3.56. The third kappa shape index (κ3) is 3.47. The number of aryl methyl sites for hydroxylation is 1. The summed E-state index contributed by atoms with van der Waals surface area (Å²) < 4.78 is 5.48. The SMILES string of the molecule is Cc1ccc(Cl)cc1N1C(=O)C(=O)/C(=C(\O)c2cccc([N+](=O)[O-])c2)C1c1ccco1. The maximum atomic E-state index is 13.0. The number of carbonyl (C=O) groups is 2. The lowest BCUT2D eigenvalue weighted by Gasteiger charge is -2.25. The summed E-state index contributed by atoms with van der Waals surface area (Å²) >= 11 is 6.12. The summed E-state index contributed by atoms with van der Waals surface area (Å²) in [7, 11) is 0. The van der Waals surface area contributed by atoms with Gasteiger partial charge in [-0.1, -0.05) is 29.8 Å². The quantitative estimate of drug-likeness (QED) is 0.206. The van der Waals surface area contributed by atoms with Crippen molar-refractivity contribution in [1.29, 1.82) is 0 Å². The summed E-state index contributed by atoms with van der Waals surface area (Å²) in [5, 5.41) is 22.4. The molecule has 1 aliphatic rings. The molecule has 0 bridgehead atoms. The number of aliphatic hydroxyl groups excluding tert-OH is 1. The highest BCUT2D eigenvalue weighted by Gasteiger charge is 2.48. The zero-order chi connectivity index (χ0) is 22.3. The topological polar surface area (TPSA) is 114 Å². The molecule has 1 aliphatic heterocycles. The molecule has 1 aromatic heterocycles. The first-order valence-corrected chi connectivity index (χ1v) is 9.52. The number of anilines is 1. The van der Waals surface area contributed by atoms with Gasteiger partial charge in [-0.15, -0.1) is 0 Å². The molecule has 31 heavy (non-hydrogen) atoms. The van der Waals surface area contributed by atoms with Crippen molar-refractivity contribution in [2.75, 3.05) is 4.90 Å². The molecular weight excluding hydrogens is 424 g/mol. The van der Waals surface area contributed by atoms with Gasteiger partial charge in [-0.25, -0.2) is 0 Å². The maximum absolute atomic E-state index is 13.0. The number of hydrogen-bond donors (Lipinski definition) is 1. The Hall–Kier alpha value is -3.91. The van der Waals surface area contributed by atoms with Crippen LogP contribution in [-0.2, 0) is 9.59 Å². The Kier molecular flexibility index (Phi) is 5.08. The molecule has 0 saturated carbocycles. The van der Waals surface area contributed by atoms with Crippen molar-refractivity contribution in [3.63, 3.8) is 0 Å². The third-order valence-electron chi connectivity index (χ3n) is 5.02. The minimum absolute atomic E-state index is 0.0339. The number of non-ortho nitro benzene ring substituents is 1. The number of rotatable bonds is 4. The normalized spacial score (nSPS) is 17.9. The van der Waals surface area contributed by atoms with E-state index in [9.17, 15) is 24.8 Å². The van der Waals surface area contributed by atoms with Crippen molar-refractivity contribution in [2.24, 2.45) is 0 Å². The van der Waals surface area contributed by atoms with Crippen molar-refractivity contribution in [2.45, 2.75) is 13.0 Å². The number of furan rings is 1. The summed E-state index contributed by atoms with van der Waals surface area (Å²) in [6, 6.07) is 12.2. The maximum Gasteiger partial charge on any atom is 0.300 e. The Labute approximate surface area is 181 Å². The number of Topliss-reactive ketones (excluding diaryl/α,β-unsaturated/α-hetero) is 1. The molecular formula is C22H15ClN2O6. The summed E-state index contributed by atoms with van der Waals surface area (Å²) in [4.78, 5) is 37.8. The second-order valence-corrected chi connectivity index (χ2v) is 7.36. The van der Waals surface area contributed by atoms with E-state index in [1.54, 1.807) is 37.3 Å². The minimum atomic E-state index is -1.08. The summed E-state index contributed by atoms with van der Waals surface area (Å²) in [5.41, 5.74) is 0.595. The van der Waals surface area contributed by atoms with Crippen LogP contribution in [0.4, 0.5) is 11.4 Å². The lowest BCUT2D eigenvalue weighted by atomic mass is 9.98. The Bertz CT molecular complexity index is 1250. The highest BCUT2D eigenvalue weighted by molar-refractivity contribution is 6.51. The predicted octanol–water partition coefficient (Wildman–Crippen LogP) is 4.78. The van der Waals surface area contributed by atoms with E-state index in [1.165, 1.54) is 29.4 Å². The van der Waals surface area contributed by atoms with Gasteiger partial charge in [0, 0.05) is 28.4 Å². The monoisotopic (exact) mass is 438 g/mol. The molecule has 8 nitrogen and oxygen atoms in total. The highest BCUT2D eigenvalue weighted by Crippen LogP contribution is 2.43. The van der Waals surface area contributed by atoms with Crippen LogP contribution in [-0.4, -0.2) is 21.7 Å². The zero-order valence-corrected chi connectivity index (χ0v) is 16.9. The number of hydrogen-bond acceptors (Lipinski definition) is 6. The average molecular weight is 439 g/mol. The summed E-state index contributed by atoms with van der Waals surface area (Å²) in [6.07, 6.45) is 1.38. The van der Waals surface area contributed by atoms with Gasteiger partial charge in [-0.3, -0.25) is 24.6 Å². The second-order valence-electron chi connectivity index (χ2n) is 6.92. The van der Waals surface area contributed by atoms with Crippen LogP contribution < -0.4 is 4.90 Å². The number of aliphatic hydroxyl groups is 1. The van der Waals surface area contributed by atoms with E-state index in [0.717, 1.165) is 6.07 Å². The van der Waals surface area contributed by atoms with Gasteiger partial charge in [-0.05, 0) is 36.8 Å². The van der Waals surface area contributed by atoms with Crippen LogP contribution in [0.1, 0.15) is 22.9 Å². The van der Waals surface area contributed by atoms with Gasteiger partial charge in [0.25, 0.3) is 17.4 Å². The van der Waals surface area contributed by atoms with Crippen LogP contribution in [0.15, 0.2) is 70.9 Å². The van der Waals surface area contributed by atoms with E-state index in [1.807, 2.05) is 0 Å². The van der Waals surface area contributed by atoms with E-state index in [-0.39, 0.29) is 22.6 Å². The number of benzene rings is 2. The van der Waals surface area contributed by atoms with Crippen molar-refractivity contribution in [3.05, 3.63) is 98.5 Å². The average Bonchev–Trinajstić information content (AvgIpc) is 3.37. The fourth-order valence-corrected chi connectivity index (χ4v) is 3.73. The molecule has 4 rings (SSSR count). The molecule has 0 spiro atoms. The Morgan fingerprint density at radius 1 is 1.16 bits per heavy atom. The second kappa shape index (κ2) is 7.73. The molecule has 1 saturated heterocycles. The molecule has 2 heterocycles. The Morgan fingerprint density at radius 2 is 1.94 bits per heavy atom. The standard InChI is InChI=1S/C22H15ClN2O6/c1-12-7-8-14(23)11-16(12)24-19(17-6-3-9-31-17)18(21(27)22(24)28)20(26)13-4-2-5-15(10-13)25(29)30/h2-11,19,26H,1H3/b20-18-. The van der Waals surface area contributed by atoms with Crippen molar-refractivity contribution >= 4 is 40.4 Å². The number of nitrogens with zero attached hydrogens (tertiary/aromatic N) is 2. The number of nitro benzene ring substituents is 1. The first-order chi connectivity index (χ1) is 14.8. The van der Waals surface area contributed by atoms with Crippen LogP contribution in [0.3, 0.4) is 0 Å². The molecule has 156 valence electrons. The van der Waals surface area contributed by atoms with Gasteiger partial charge in [0.15, 0.2) is 0 Å². The molecule has 1 N–H and O–H groups in total. The molecule has 2 aromatic carbocycles. The number of ketones is 1. The van der Waals surface area contributed by atoms with Crippen molar-refractivity contribution in [1.82, 2.24) is 0 Å². The summed E-state index contributed by atoms with van der Waals surface area (Å²) in [5.74, 6) is -2.11. The van der Waals surface area contributed by atoms with Crippen LogP contribution >= 0.6 is 11.6 Å². The van der Waals surface area contributed by atoms with E-state index < -0.39 is 28.4 Å². The molecule has 1 atom stereocenters. The van der Waals surface area contributed by atoms with Crippen LogP contribution in [0.2, 0.25) is 5.02 Å². The third-order valence-corrected chi connectivity index (χ3v) is 5.25. The smallest absolute Gasteiger partial charge is 0.300 e. The lowest BCUT2D eigenvalue weighted by molar-refractivity contribution is -0.384. The lowest BCUT2D eigenvalue weighted by Crippen LogP contribution is -2.30. The fraction of sp³-hybridized carbons (Fsp3) is 0.0909. The van der Waals surface area contributed by atoms with Gasteiger partial charge in [0.05, 0.1) is 16.8 Å². The number of nitro groups is 1. The largest absolute Gasteiger partial charge is 0.507 e. The van der Waals surface area contributed by atoms with E-state index in [2.05, 4.69) is 0 Å². The number of carbonyl (C=O) groups excluding carboxylic acids is 2. The zero-order valence-electron chi connectivity index (χ0n) is 16.1. The first kappa shape index (κ1) is 20.4. The highest BCUT2D eigenvalue weighted by atomic mass is 35.5. The van der Waals surface area contributed by atoms with Crippen LogP contribution in [0, 0.1) is 17.0 Å². The molecule has 1 unspecified atom stereocenters. The van der Waals surface area contributed by atoms with E-state index in [0.29, 0.717) is 16.3 Å². The predicted molar refractivity (Wildman–Crippen MR) is 113 cm³/mol. The molecule has 0 aliphatic carbocycles. The van der Waals surface area contributed by atoms with Gasteiger partial charge in [0.2, 0.25) is 0 Å². The van der Waals surface area contributed by atoms with Gasteiger partial charge < -0.3 is 9.52 Å². The molecule has 3 aromatic rings.